The molecule has 2 aliphatic rings. The van der Waals surface area contributed by atoms with Gasteiger partial charge in [0.2, 0.25) is 0 Å². The van der Waals surface area contributed by atoms with Gasteiger partial charge in [-0.15, -0.1) is 0 Å². The molecule has 0 amide bonds. The minimum atomic E-state index is 0.839. The highest BCUT2D eigenvalue weighted by Crippen LogP contribution is 2.51. The van der Waals surface area contributed by atoms with E-state index in [1.807, 2.05) is 0 Å². The molecular formula is C11H22N2. The fourth-order valence-corrected chi connectivity index (χ4v) is 3.13. The summed E-state index contributed by atoms with van der Waals surface area (Å²) in [5.41, 5.74) is 5.69. The van der Waals surface area contributed by atoms with E-state index in [9.17, 15) is 0 Å². The average molecular weight is 182 g/mol. The Kier molecular flexibility index (Phi) is 2.61. The van der Waals surface area contributed by atoms with Crippen molar-refractivity contribution in [3.8, 4) is 0 Å². The molecular weight excluding hydrogens is 160 g/mol. The van der Waals surface area contributed by atoms with Gasteiger partial charge in [0.25, 0.3) is 0 Å². The second kappa shape index (κ2) is 3.58. The first-order chi connectivity index (χ1) is 6.31. The Morgan fingerprint density at radius 3 is 2.15 bits per heavy atom. The van der Waals surface area contributed by atoms with Crippen LogP contribution in [-0.4, -0.2) is 30.6 Å². The van der Waals surface area contributed by atoms with Crippen LogP contribution >= 0.6 is 0 Å². The highest BCUT2D eigenvalue weighted by molar-refractivity contribution is 5.06. The second-order valence-electron chi connectivity index (χ2n) is 4.65. The maximum absolute atomic E-state index is 5.69. The van der Waals surface area contributed by atoms with Crippen LogP contribution in [0.4, 0.5) is 0 Å². The van der Waals surface area contributed by atoms with Crippen molar-refractivity contribution >= 4 is 0 Å². The van der Waals surface area contributed by atoms with Crippen LogP contribution in [0.1, 0.15) is 26.7 Å². The molecule has 1 aliphatic heterocycles. The Bertz CT molecular complexity index is 165. The van der Waals surface area contributed by atoms with E-state index in [4.69, 9.17) is 5.73 Å². The number of piperidine rings is 1. The van der Waals surface area contributed by atoms with Gasteiger partial charge < -0.3 is 5.73 Å². The Morgan fingerprint density at radius 1 is 1.23 bits per heavy atom. The molecule has 0 radical (unpaired) electrons. The third-order valence-electron chi connectivity index (χ3n) is 4.13. The molecule has 0 bridgehead atoms. The summed E-state index contributed by atoms with van der Waals surface area (Å²) in [4.78, 5) is 2.68. The Balaban J connectivity index is 1.82. The van der Waals surface area contributed by atoms with Gasteiger partial charge in [-0.05, 0) is 37.1 Å². The summed E-state index contributed by atoms with van der Waals surface area (Å²) in [6.45, 7) is 8.20. The van der Waals surface area contributed by atoms with Crippen molar-refractivity contribution in [3.05, 3.63) is 0 Å². The van der Waals surface area contributed by atoms with E-state index in [0.29, 0.717) is 0 Å². The first-order valence-corrected chi connectivity index (χ1v) is 5.75. The smallest absolute Gasteiger partial charge is 0.00902 e. The molecule has 0 aromatic heterocycles. The topological polar surface area (TPSA) is 29.3 Å². The summed E-state index contributed by atoms with van der Waals surface area (Å²) < 4.78 is 0. The van der Waals surface area contributed by atoms with Crippen molar-refractivity contribution in [1.29, 1.82) is 0 Å². The van der Waals surface area contributed by atoms with Gasteiger partial charge in [-0.3, -0.25) is 4.90 Å². The lowest BCUT2D eigenvalue weighted by molar-refractivity contribution is 0.197. The van der Waals surface area contributed by atoms with Gasteiger partial charge in [0.05, 0.1) is 0 Å². The molecule has 0 aromatic rings. The number of rotatable bonds is 4. The van der Waals surface area contributed by atoms with Crippen LogP contribution in [-0.2, 0) is 0 Å². The Labute approximate surface area is 81.5 Å². The quantitative estimate of drug-likeness (QED) is 0.710. The molecule has 1 aliphatic carbocycles. The van der Waals surface area contributed by atoms with E-state index < -0.39 is 0 Å². The summed E-state index contributed by atoms with van der Waals surface area (Å²) in [5, 5.41) is 0. The maximum Gasteiger partial charge on any atom is 0.00902 e. The van der Waals surface area contributed by atoms with Crippen LogP contribution < -0.4 is 5.73 Å². The van der Waals surface area contributed by atoms with E-state index in [-0.39, 0.29) is 0 Å². The number of hydrogen-bond acceptors (Lipinski definition) is 2. The lowest BCUT2D eigenvalue weighted by atomic mass is 10.1. The van der Waals surface area contributed by atoms with Crippen molar-refractivity contribution in [3.63, 3.8) is 0 Å². The minimum absolute atomic E-state index is 0.839. The van der Waals surface area contributed by atoms with Crippen molar-refractivity contribution in [2.75, 3.05) is 19.6 Å². The third kappa shape index (κ3) is 1.50. The fraction of sp³-hybridized carbons (Fsp3) is 1.00. The maximum atomic E-state index is 5.69. The zero-order valence-electron chi connectivity index (χ0n) is 8.87. The molecule has 2 unspecified atom stereocenters. The molecule has 13 heavy (non-hydrogen) atoms. The van der Waals surface area contributed by atoms with E-state index in [0.717, 1.165) is 30.3 Å². The molecule has 2 fully saturated rings. The number of nitrogens with two attached hydrogens (primary N) is 1. The van der Waals surface area contributed by atoms with Crippen LogP contribution in [0.3, 0.4) is 0 Å². The summed E-state index contributed by atoms with van der Waals surface area (Å²) in [5.74, 6) is 2.81. The van der Waals surface area contributed by atoms with Crippen LogP contribution in [0.15, 0.2) is 0 Å². The normalized spacial score (nSPS) is 38.3. The van der Waals surface area contributed by atoms with Gasteiger partial charge in [0, 0.05) is 19.1 Å². The predicted molar refractivity (Wildman–Crippen MR) is 55.5 cm³/mol. The molecule has 2 N–H and O–H groups in total. The standard InChI is InChI=1S/C11H22N2/c1-3-8(4-2)13-6-10-9(5-12)11(10)7-13/h8-11H,3-7,12H2,1-2H3. The van der Waals surface area contributed by atoms with E-state index >= 15 is 0 Å². The second-order valence-corrected chi connectivity index (χ2v) is 4.65. The van der Waals surface area contributed by atoms with Crippen molar-refractivity contribution in [2.45, 2.75) is 32.7 Å². The predicted octanol–water partition coefficient (Wildman–Crippen LogP) is 1.31. The van der Waals surface area contributed by atoms with Gasteiger partial charge >= 0.3 is 0 Å². The summed E-state index contributed by atoms with van der Waals surface area (Å²) in [6, 6.07) is 0.839. The number of nitrogens with zero attached hydrogens (tertiary/aromatic N) is 1. The largest absolute Gasteiger partial charge is 0.330 e. The molecule has 0 aromatic carbocycles. The lowest BCUT2D eigenvalue weighted by Gasteiger charge is -2.27. The molecule has 76 valence electrons. The van der Waals surface area contributed by atoms with Crippen molar-refractivity contribution in [1.82, 2.24) is 4.90 Å². The minimum Gasteiger partial charge on any atom is -0.330 e. The van der Waals surface area contributed by atoms with Crippen LogP contribution in [0.5, 0.6) is 0 Å². The Hall–Kier alpha value is -0.0800. The van der Waals surface area contributed by atoms with Crippen LogP contribution in [0.25, 0.3) is 0 Å². The number of hydrogen-bond donors (Lipinski definition) is 1. The highest BCUT2D eigenvalue weighted by Gasteiger charge is 2.55. The lowest BCUT2D eigenvalue weighted by Crippen LogP contribution is -2.35. The van der Waals surface area contributed by atoms with Crippen LogP contribution in [0.2, 0.25) is 0 Å². The number of fused-ring (bicyclic) bond motifs is 1. The molecule has 2 nitrogen and oxygen atoms in total. The summed E-state index contributed by atoms with van der Waals surface area (Å²) >= 11 is 0. The van der Waals surface area contributed by atoms with Gasteiger partial charge in [-0.1, -0.05) is 13.8 Å². The molecule has 2 atom stereocenters. The fourth-order valence-electron chi connectivity index (χ4n) is 3.13. The number of likely N-dealkylation sites (tertiary alicyclic amines) is 1. The molecule has 2 heteroatoms. The third-order valence-corrected chi connectivity index (χ3v) is 4.13. The van der Waals surface area contributed by atoms with Gasteiger partial charge in [-0.2, -0.15) is 0 Å². The molecule has 1 heterocycles. The van der Waals surface area contributed by atoms with E-state index in [2.05, 4.69) is 18.7 Å². The van der Waals surface area contributed by atoms with Gasteiger partial charge in [-0.25, -0.2) is 0 Å². The first-order valence-electron chi connectivity index (χ1n) is 5.75. The first kappa shape index (κ1) is 9.47. The van der Waals surface area contributed by atoms with E-state index in [1.54, 1.807) is 0 Å². The zero-order chi connectivity index (χ0) is 9.42. The Morgan fingerprint density at radius 2 is 1.77 bits per heavy atom. The highest BCUT2D eigenvalue weighted by atomic mass is 15.2. The molecule has 2 rings (SSSR count). The van der Waals surface area contributed by atoms with E-state index in [1.165, 1.54) is 25.9 Å². The van der Waals surface area contributed by atoms with Crippen LogP contribution in [0, 0.1) is 17.8 Å². The van der Waals surface area contributed by atoms with Gasteiger partial charge in [0.1, 0.15) is 0 Å². The SMILES string of the molecule is CCC(CC)N1CC2C(CN)C2C1. The molecule has 1 saturated heterocycles. The van der Waals surface area contributed by atoms with Gasteiger partial charge in [0.15, 0.2) is 0 Å². The molecule has 1 saturated carbocycles. The monoisotopic (exact) mass is 182 g/mol. The van der Waals surface area contributed by atoms with Crippen molar-refractivity contribution < 1.29 is 0 Å². The summed E-state index contributed by atoms with van der Waals surface area (Å²) in [6.07, 6.45) is 2.62. The zero-order valence-corrected chi connectivity index (χ0v) is 8.87. The molecule has 0 spiro atoms. The summed E-state index contributed by atoms with van der Waals surface area (Å²) in [7, 11) is 0. The van der Waals surface area contributed by atoms with Crippen molar-refractivity contribution in [2.24, 2.45) is 23.5 Å². The average Bonchev–Trinajstić information content (AvgIpc) is 2.62.